The maximum absolute atomic E-state index is 12.9. The number of imide groups is 1. The fraction of sp³-hybridized carbons (Fsp3) is 0.526. The van der Waals surface area contributed by atoms with Gasteiger partial charge in [0.2, 0.25) is 11.8 Å². The molecule has 2 fully saturated rings. The standard InChI is InChI=1S/C19H23N3O3/c1-11-15-10-13(12-6-8-20-9-7-12)2-3-14(15)19(25)22(11)16-4-5-17(23)21-18(16)24/h2-3,10-12,16,20H,4-9H2,1H3,(H,21,23,24)/t11-,16-/m0/s1. The van der Waals surface area contributed by atoms with Crippen molar-refractivity contribution in [3.63, 3.8) is 0 Å². The summed E-state index contributed by atoms with van der Waals surface area (Å²) in [6, 6.07) is 5.42. The Bertz CT molecular complexity index is 739. The predicted molar refractivity (Wildman–Crippen MR) is 92.0 cm³/mol. The van der Waals surface area contributed by atoms with E-state index in [-0.39, 0.29) is 30.2 Å². The lowest BCUT2D eigenvalue weighted by molar-refractivity contribution is -0.137. The Morgan fingerprint density at radius 2 is 1.84 bits per heavy atom. The van der Waals surface area contributed by atoms with Crippen LogP contribution in [0.2, 0.25) is 0 Å². The van der Waals surface area contributed by atoms with Gasteiger partial charge in [0, 0.05) is 12.0 Å². The highest BCUT2D eigenvalue weighted by Gasteiger charge is 2.43. The molecule has 0 aromatic heterocycles. The number of hydrogen-bond donors (Lipinski definition) is 2. The number of nitrogens with one attached hydrogen (secondary N) is 2. The number of benzene rings is 1. The van der Waals surface area contributed by atoms with E-state index in [2.05, 4.69) is 22.8 Å². The fourth-order valence-electron chi connectivity index (χ4n) is 4.35. The first-order valence-corrected chi connectivity index (χ1v) is 9.07. The lowest BCUT2D eigenvalue weighted by Crippen LogP contribution is -2.53. The van der Waals surface area contributed by atoms with Crippen molar-refractivity contribution in [2.45, 2.75) is 50.6 Å². The summed E-state index contributed by atoms with van der Waals surface area (Å²) in [4.78, 5) is 38.1. The summed E-state index contributed by atoms with van der Waals surface area (Å²) in [5.74, 6) is -0.193. The Balaban J connectivity index is 1.62. The normalized spacial score (nSPS) is 27.4. The third-order valence-corrected chi connectivity index (χ3v) is 5.76. The lowest BCUT2D eigenvalue weighted by Gasteiger charge is -2.33. The average Bonchev–Trinajstić information content (AvgIpc) is 2.87. The molecule has 1 aromatic rings. The van der Waals surface area contributed by atoms with Gasteiger partial charge >= 0.3 is 0 Å². The van der Waals surface area contributed by atoms with E-state index >= 15 is 0 Å². The smallest absolute Gasteiger partial charge is 0.255 e. The van der Waals surface area contributed by atoms with Gasteiger partial charge in [0.1, 0.15) is 6.04 Å². The second kappa shape index (κ2) is 6.26. The van der Waals surface area contributed by atoms with Crippen molar-refractivity contribution in [2.24, 2.45) is 0 Å². The third kappa shape index (κ3) is 2.74. The van der Waals surface area contributed by atoms with Crippen LogP contribution in [0.1, 0.15) is 66.1 Å². The van der Waals surface area contributed by atoms with E-state index < -0.39 is 6.04 Å². The summed E-state index contributed by atoms with van der Waals surface area (Å²) in [6.07, 6.45) is 2.90. The second-order valence-corrected chi connectivity index (χ2v) is 7.23. The molecule has 2 saturated heterocycles. The summed E-state index contributed by atoms with van der Waals surface area (Å²) in [7, 11) is 0. The Labute approximate surface area is 147 Å². The van der Waals surface area contributed by atoms with E-state index in [1.165, 1.54) is 5.56 Å². The fourth-order valence-corrected chi connectivity index (χ4v) is 4.35. The van der Waals surface area contributed by atoms with Gasteiger partial charge in [0.25, 0.3) is 5.91 Å². The van der Waals surface area contributed by atoms with E-state index in [1.54, 1.807) is 4.90 Å². The number of hydrogen-bond acceptors (Lipinski definition) is 4. The van der Waals surface area contributed by atoms with Crippen LogP contribution in [0.15, 0.2) is 18.2 Å². The van der Waals surface area contributed by atoms with Gasteiger partial charge in [-0.2, -0.15) is 0 Å². The van der Waals surface area contributed by atoms with Gasteiger partial charge in [0.15, 0.2) is 0 Å². The third-order valence-electron chi connectivity index (χ3n) is 5.76. The number of carbonyl (C=O) groups excluding carboxylic acids is 3. The number of fused-ring (bicyclic) bond motifs is 1. The van der Waals surface area contributed by atoms with Gasteiger partial charge in [-0.1, -0.05) is 12.1 Å². The predicted octanol–water partition coefficient (Wildman–Crippen LogP) is 1.48. The first-order valence-electron chi connectivity index (χ1n) is 9.07. The second-order valence-electron chi connectivity index (χ2n) is 7.23. The molecule has 3 amide bonds. The topological polar surface area (TPSA) is 78.5 Å². The van der Waals surface area contributed by atoms with Crippen LogP contribution in [0.4, 0.5) is 0 Å². The average molecular weight is 341 g/mol. The molecule has 0 saturated carbocycles. The molecule has 0 radical (unpaired) electrons. The molecule has 6 heteroatoms. The van der Waals surface area contributed by atoms with Crippen LogP contribution in [-0.2, 0) is 9.59 Å². The summed E-state index contributed by atoms with van der Waals surface area (Å²) >= 11 is 0. The highest BCUT2D eigenvalue weighted by Crippen LogP contribution is 2.38. The molecule has 4 rings (SSSR count). The van der Waals surface area contributed by atoms with Crippen molar-refractivity contribution in [2.75, 3.05) is 13.1 Å². The zero-order chi connectivity index (χ0) is 17.6. The zero-order valence-corrected chi connectivity index (χ0v) is 14.4. The van der Waals surface area contributed by atoms with Crippen molar-refractivity contribution in [3.05, 3.63) is 34.9 Å². The van der Waals surface area contributed by atoms with Gasteiger partial charge in [-0.3, -0.25) is 19.7 Å². The highest BCUT2D eigenvalue weighted by molar-refractivity contribution is 6.05. The summed E-state index contributed by atoms with van der Waals surface area (Å²) in [5, 5.41) is 5.74. The summed E-state index contributed by atoms with van der Waals surface area (Å²) in [6.45, 7) is 4.02. The van der Waals surface area contributed by atoms with E-state index in [1.807, 2.05) is 13.0 Å². The van der Waals surface area contributed by atoms with Crippen molar-refractivity contribution in [3.8, 4) is 0 Å². The van der Waals surface area contributed by atoms with Crippen LogP contribution >= 0.6 is 0 Å². The molecular formula is C19H23N3O3. The molecule has 3 aliphatic rings. The molecular weight excluding hydrogens is 318 g/mol. The van der Waals surface area contributed by atoms with Crippen LogP contribution < -0.4 is 10.6 Å². The largest absolute Gasteiger partial charge is 0.320 e. The van der Waals surface area contributed by atoms with Gasteiger partial charge in [-0.15, -0.1) is 0 Å². The van der Waals surface area contributed by atoms with E-state index in [0.29, 0.717) is 17.9 Å². The molecule has 3 aliphatic heterocycles. The highest BCUT2D eigenvalue weighted by atomic mass is 16.2. The molecule has 3 heterocycles. The minimum absolute atomic E-state index is 0.103. The lowest BCUT2D eigenvalue weighted by atomic mass is 9.88. The monoisotopic (exact) mass is 341 g/mol. The molecule has 1 aromatic carbocycles. The van der Waals surface area contributed by atoms with Crippen molar-refractivity contribution >= 4 is 17.7 Å². The van der Waals surface area contributed by atoms with Gasteiger partial charge in [0.05, 0.1) is 6.04 Å². The Kier molecular flexibility index (Phi) is 4.07. The van der Waals surface area contributed by atoms with Gasteiger partial charge < -0.3 is 10.2 Å². The first kappa shape index (κ1) is 16.3. The number of nitrogens with zero attached hydrogens (tertiary/aromatic N) is 1. The zero-order valence-electron chi connectivity index (χ0n) is 14.4. The first-order chi connectivity index (χ1) is 12.1. The minimum atomic E-state index is -0.560. The Hall–Kier alpha value is -2.21. The molecule has 2 atom stereocenters. The Morgan fingerprint density at radius 1 is 1.08 bits per heavy atom. The van der Waals surface area contributed by atoms with Crippen LogP contribution in [-0.4, -0.2) is 41.8 Å². The summed E-state index contributed by atoms with van der Waals surface area (Å²) in [5.41, 5.74) is 2.98. The molecule has 0 bridgehead atoms. The molecule has 0 aliphatic carbocycles. The maximum atomic E-state index is 12.9. The minimum Gasteiger partial charge on any atom is -0.320 e. The molecule has 2 N–H and O–H groups in total. The number of carbonyl (C=O) groups is 3. The van der Waals surface area contributed by atoms with Gasteiger partial charge in [-0.25, -0.2) is 0 Å². The summed E-state index contributed by atoms with van der Waals surface area (Å²) < 4.78 is 0. The van der Waals surface area contributed by atoms with Gasteiger partial charge in [-0.05, 0) is 62.4 Å². The van der Waals surface area contributed by atoms with E-state index in [0.717, 1.165) is 31.5 Å². The SMILES string of the molecule is C[C@H]1c2cc(C3CCNCC3)ccc2C(=O)N1[C@H]1CCC(=O)NC1=O. The van der Waals surface area contributed by atoms with E-state index in [4.69, 9.17) is 0 Å². The quantitative estimate of drug-likeness (QED) is 0.799. The van der Waals surface area contributed by atoms with Crippen LogP contribution in [0, 0.1) is 0 Å². The van der Waals surface area contributed by atoms with Crippen molar-refractivity contribution < 1.29 is 14.4 Å². The number of piperidine rings is 2. The maximum Gasteiger partial charge on any atom is 0.255 e. The molecule has 0 spiro atoms. The van der Waals surface area contributed by atoms with Crippen molar-refractivity contribution in [1.29, 1.82) is 0 Å². The number of rotatable bonds is 2. The van der Waals surface area contributed by atoms with Crippen molar-refractivity contribution in [1.82, 2.24) is 15.5 Å². The molecule has 25 heavy (non-hydrogen) atoms. The molecule has 6 nitrogen and oxygen atoms in total. The van der Waals surface area contributed by atoms with Crippen LogP contribution in [0.25, 0.3) is 0 Å². The number of amides is 3. The van der Waals surface area contributed by atoms with Crippen LogP contribution in [0.5, 0.6) is 0 Å². The van der Waals surface area contributed by atoms with Crippen LogP contribution in [0.3, 0.4) is 0 Å². The molecule has 0 unspecified atom stereocenters. The molecule has 132 valence electrons. The van der Waals surface area contributed by atoms with E-state index in [9.17, 15) is 14.4 Å². The Morgan fingerprint density at radius 3 is 2.56 bits per heavy atom.